The van der Waals surface area contributed by atoms with Gasteiger partial charge in [0.05, 0.1) is 16.9 Å². The van der Waals surface area contributed by atoms with E-state index in [1.54, 1.807) is 18.2 Å². The molecule has 1 aromatic heterocycles. The van der Waals surface area contributed by atoms with Gasteiger partial charge in [-0.05, 0) is 37.3 Å². The first-order chi connectivity index (χ1) is 11.1. The maximum Gasteiger partial charge on any atom is 0.249 e. The molecule has 0 atom stereocenters. The summed E-state index contributed by atoms with van der Waals surface area (Å²) < 4.78 is 0. The molecule has 5 nitrogen and oxygen atoms in total. The molecular weight excluding hydrogens is 333 g/mol. The summed E-state index contributed by atoms with van der Waals surface area (Å²) in [5.41, 5.74) is 2.72. The van der Waals surface area contributed by atoms with Crippen LogP contribution in [0.5, 0.6) is 0 Å². The first-order valence-corrected chi connectivity index (χ1v) is 7.61. The number of hydrogen-bond donors (Lipinski definition) is 2. The van der Waals surface area contributed by atoms with Crippen LogP contribution in [0.4, 0.5) is 23.1 Å². The van der Waals surface area contributed by atoms with Crippen molar-refractivity contribution in [2.75, 3.05) is 10.6 Å². The van der Waals surface area contributed by atoms with Crippen molar-refractivity contribution >= 4 is 46.3 Å². The number of anilines is 4. The highest BCUT2D eigenvalue weighted by atomic mass is 35.5. The predicted molar refractivity (Wildman–Crippen MR) is 94.0 cm³/mol. The average molecular weight is 346 g/mol. The van der Waals surface area contributed by atoms with Crippen LogP contribution in [-0.4, -0.2) is 15.2 Å². The molecule has 0 spiro atoms. The van der Waals surface area contributed by atoms with Crippen LogP contribution in [0, 0.1) is 6.92 Å². The summed E-state index contributed by atoms with van der Waals surface area (Å²) >= 11 is 12.1. The summed E-state index contributed by atoms with van der Waals surface area (Å²) in [4.78, 5) is 4.36. The predicted octanol–water partition coefficient (Wildman–Crippen LogP) is 4.97. The lowest BCUT2D eigenvalue weighted by Crippen LogP contribution is -2.02. The number of aryl methyl sites for hydroxylation is 1. The maximum atomic E-state index is 6.13. The minimum Gasteiger partial charge on any atom is -0.338 e. The number of halogens is 2. The van der Waals surface area contributed by atoms with Gasteiger partial charge in [0, 0.05) is 10.7 Å². The fourth-order valence-corrected chi connectivity index (χ4v) is 2.25. The molecule has 0 bridgehead atoms. The van der Waals surface area contributed by atoms with Crippen LogP contribution in [0.25, 0.3) is 0 Å². The lowest BCUT2D eigenvalue weighted by atomic mass is 10.2. The highest BCUT2D eigenvalue weighted by molar-refractivity contribution is 6.35. The summed E-state index contributed by atoms with van der Waals surface area (Å²) in [5.74, 6) is 0.899. The molecule has 23 heavy (non-hydrogen) atoms. The van der Waals surface area contributed by atoms with E-state index in [0.29, 0.717) is 27.5 Å². The molecule has 0 amide bonds. The molecular formula is C16H13Cl2N5. The van der Waals surface area contributed by atoms with Crippen LogP contribution >= 0.6 is 23.2 Å². The van der Waals surface area contributed by atoms with Crippen LogP contribution in [0.3, 0.4) is 0 Å². The van der Waals surface area contributed by atoms with Crippen molar-refractivity contribution < 1.29 is 0 Å². The van der Waals surface area contributed by atoms with Gasteiger partial charge in [-0.1, -0.05) is 40.9 Å². The molecule has 0 aliphatic rings. The number of hydrogen-bond acceptors (Lipinski definition) is 5. The molecule has 0 unspecified atom stereocenters. The SMILES string of the molecule is Cc1ccc(Nc2nncc(Nc3cc(Cl)ccc3Cl)n2)cc1. The van der Waals surface area contributed by atoms with Gasteiger partial charge < -0.3 is 10.6 Å². The van der Waals surface area contributed by atoms with Gasteiger partial charge in [0.25, 0.3) is 0 Å². The standard InChI is InChI=1S/C16H13Cl2N5/c1-10-2-5-12(6-3-10)20-16-22-15(9-19-23-16)21-14-8-11(17)4-7-13(14)18/h2-9H,1H3,(H2,20,21,22,23). The molecule has 7 heteroatoms. The Morgan fingerprint density at radius 1 is 0.957 bits per heavy atom. The Hall–Kier alpha value is -2.37. The van der Waals surface area contributed by atoms with Gasteiger partial charge in [-0.2, -0.15) is 10.1 Å². The largest absolute Gasteiger partial charge is 0.338 e. The highest BCUT2D eigenvalue weighted by Crippen LogP contribution is 2.27. The van der Waals surface area contributed by atoms with E-state index in [-0.39, 0.29) is 0 Å². The van der Waals surface area contributed by atoms with Crippen molar-refractivity contribution in [3.05, 3.63) is 64.3 Å². The van der Waals surface area contributed by atoms with Crippen LogP contribution in [0.15, 0.2) is 48.7 Å². The van der Waals surface area contributed by atoms with Gasteiger partial charge in [0.15, 0.2) is 5.82 Å². The van der Waals surface area contributed by atoms with Gasteiger partial charge in [-0.25, -0.2) is 0 Å². The van der Waals surface area contributed by atoms with E-state index in [0.717, 1.165) is 5.69 Å². The van der Waals surface area contributed by atoms with Crippen LogP contribution < -0.4 is 10.6 Å². The first-order valence-electron chi connectivity index (χ1n) is 6.86. The lowest BCUT2D eigenvalue weighted by Gasteiger charge is -2.09. The van der Waals surface area contributed by atoms with Crippen molar-refractivity contribution in [2.45, 2.75) is 6.92 Å². The van der Waals surface area contributed by atoms with Crippen molar-refractivity contribution in [1.82, 2.24) is 15.2 Å². The summed E-state index contributed by atoms with van der Waals surface area (Å²) in [6.07, 6.45) is 1.51. The molecule has 3 rings (SSSR count). The van der Waals surface area contributed by atoms with Gasteiger partial charge in [-0.3, -0.25) is 0 Å². The third kappa shape index (κ3) is 4.09. The van der Waals surface area contributed by atoms with Gasteiger partial charge in [0.2, 0.25) is 5.95 Å². The van der Waals surface area contributed by atoms with Crippen molar-refractivity contribution in [1.29, 1.82) is 0 Å². The number of nitrogens with zero attached hydrogens (tertiary/aromatic N) is 3. The average Bonchev–Trinajstić information content (AvgIpc) is 2.54. The zero-order valence-corrected chi connectivity index (χ0v) is 13.7. The van der Waals surface area contributed by atoms with Crippen LogP contribution in [0.1, 0.15) is 5.56 Å². The van der Waals surface area contributed by atoms with Crippen LogP contribution in [-0.2, 0) is 0 Å². The maximum absolute atomic E-state index is 6.13. The molecule has 116 valence electrons. The number of benzene rings is 2. The minimum absolute atomic E-state index is 0.386. The second-order valence-electron chi connectivity index (χ2n) is 4.91. The van der Waals surface area contributed by atoms with E-state index >= 15 is 0 Å². The van der Waals surface area contributed by atoms with E-state index in [1.165, 1.54) is 11.8 Å². The Balaban J connectivity index is 1.79. The summed E-state index contributed by atoms with van der Waals surface area (Å²) in [6, 6.07) is 13.1. The zero-order valence-electron chi connectivity index (χ0n) is 12.2. The Bertz CT molecular complexity index is 821. The lowest BCUT2D eigenvalue weighted by molar-refractivity contribution is 0.982. The molecule has 0 saturated carbocycles. The quantitative estimate of drug-likeness (QED) is 0.698. The molecule has 0 fully saturated rings. The molecule has 0 radical (unpaired) electrons. The van der Waals surface area contributed by atoms with E-state index in [2.05, 4.69) is 25.8 Å². The van der Waals surface area contributed by atoms with Crippen molar-refractivity contribution in [3.8, 4) is 0 Å². The number of aromatic nitrogens is 3. The Labute approximate surface area is 143 Å². The Morgan fingerprint density at radius 3 is 2.52 bits per heavy atom. The normalized spacial score (nSPS) is 10.4. The van der Waals surface area contributed by atoms with Gasteiger partial charge in [-0.15, -0.1) is 5.10 Å². The molecule has 2 aromatic carbocycles. The molecule has 2 N–H and O–H groups in total. The topological polar surface area (TPSA) is 62.7 Å². The second kappa shape index (κ2) is 6.81. The third-order valence-electron chi connectivity index (χ3n) is 3.06. The fraction of sp³-hybridized carbons (Fsp3) is 0.0625. The molecule has 0 saturated heterocycles. The second-order valence-corrected chi connectivity index (χ2v) is 5.75. The van der Waals surface area contributed by atoms with E-state index in [9.17, 15) is 0 Å². The van der Waals surface area contributed by atoms with Gasteiger partial charge in [0.1, 0.15) is 0 Å². The fourth-order valence-electron chi connectivity index (χ4n) is 1.91. The summed E-state index contributed by atoms with van der Waals surface area (Å²) in [7, 11) is 0. The first kappa shape index (κ1) is 15.5. The van der Waals surface area contributed by atoms with Crippen molar-refractivity contribution in [3.63, 3.8) is 0 Å². The summed E-state index contributed by atoms with van der Waals surface area (Å²) in [5, 5.41) is 15.2. The Kier molecular flexibility index (Phi) is 4.60. The molecule has 3 aromatic rings. The highest BCUT2D eigenvalue weighted by Gasteiger charge is 2.05. The van der Waals surface area contributed by atoms with E-state index in [1.807, 2.05) is 31.2 Å². The molecule has 0 aliphatic heterocycles. The molecule has 0 aliphatic carbocycles. The number of rotatable bonds is 4. The third-order valence-corrected chi connectivity index (χ3v) is 3.62. The summed E-state index contributed by atoms with van der Waals surface area (Å²) in [6.45, 7) is 2.03. The molecule has 1 heterocycles. The van der Waals surface area contributed by atoms with Gasteiger partial charge >= 0.3 is 0 Å². The monoisotopic (exact) mass is 345 g/mol. The number of nitrogens with one attached hydrogen (secondary N) is 2. The smallest absolute Gasteiger partial charge is 0.249 e. The minimum atomic E-state index is 0.386. The zero-order chi connectivity index (χ0) is 16.2. The Morgan fingerprint density at radius 2 is 1.74 bits per heavy atom. The van der Waals surface area contributed by atoms with Crippen LogP contribution in [0.2, 0.25) is 10.0 Å². The van der Waals surface area contributed by atoms with E-state index in [4.69, 9.17) is 23.2 Å². The van der Waals surface area contributed by atoms with Crippen molar-refractivity contribution in [2.24, 2.45) is 0 Å². The van der Waals surface area contributed by atoms with E-state index < -0.39 is 0 Å².